The summed E-state index contributed by atoms with van der Waals surface area (Å²) in [5.74, 6) is -2.43. The second-order valence-corrected chi connectivity index (χ2v) is 8.74. The van der Waals surface area contributed by atoms with Gasteiger partial charge in [-0.2, -0.15) is 4.57 Å². The lowest BCUT2D eigenvalue weighted by molar-refractivity contribution is -0.152. The van der Waals surface area contributed by atoms with Crippen LogP contribution in [0.3, 0.4) is 0 Å². The highest BCUT2D eigenvalue weighted by Gasteiger charge is 2.43. The number of esters is 1. The van der Waals surface area contributed by atoms with Gasteiger partial charge in [-0.1, -0.05) is 18.2 Å². The van der Waals surface area contributed by atoms with Gasteiger partial charge in [0.1, 0.15) is 24.1 Å². The Hall–Kier alpha value is -3.37. The molecule has 0 aliphatic heterocycles. The van der Waals surface area contributed by atoms with Crippen molar-refractivity contribution in [3.8, 4) is 0 Å². The van der Waals surface area contributed by atoms with Crippen LogP contribution in [-0.2, 0) is 9.53 Å². The zero-order valence-electron chi connectivity index (χ0n) is 18.4. The average molecular weight is 460 g/mol. The van der Waals surface area contributed by atoms with Crippen molar-refractivity contribution in [1.82, 2.24) is 9.13 Å². The van der Waals surface area contributed by atoms with E-state index in [0.717, 1.165) is 12.3 Å². The maximum atomic E-state index is 15.2. The second-order valence-electron chi connectivity index (χ2n) is 8.74. The third-order valence-electron chi connectivity index (χ3n) is 5.32. The molecule has 0 amide bonds. The molecule has 2 N–H and O–H groups in total. The summed E-state index contributed by atoms with van der Waals surface area (Å²) in [6.45, 7) is 4.71. The van der Waals surface area contributed by atoms with Crippen molar-refractivity contribution in [2.45, 2.75) is 45.4 Å². The van der Waals surface area contributed by atoms with Crippen LogP contribution in [0.25, 0.3) is 0 Å². The van der Waals surface area contributed by atoms with E-state index in [-0.39, 0.29) is 24.2 Å². The molecule has 1 aliphatic rings. The lowest BCUT2D eigenvalue weighted by Crippen LogP contribution is -2.46. The molecule has 1 heterocycles. The number of aliphatic hydroxyl groups is 2. The number of carbonyl (C=O) groups excluding carboxylic acids is 2. The van der Waals surface area contributed by atoms with Gasteiger partial charge in [0, 0.05) is 24.2 Å². The minimum atomic E-state index is -1.76. The zero-order chi connectivity index (χ0) is 24.5. The molecule has 1 aromatic heterocycles. The normalized spacial score (nSPS) is 20.7. The van der Waals surface area contributed by atoms with Crippen molar-refractivity contribution in [3.05, 3.63) is 80.4 Å². The fourth-order valence-corrected chi connectivity index (χ4v) is 3.48. The highest BCUT2D eigenvalue weighted by Crippen LogP contribution is 2.38. The van der Waals surface area contributed by atoms with Crippen LogP contribution in [0.1, 0.15) is 43.6 Å². The van der Waals surface area contributed by atoms with Gasteiger partial charge in [-0.3, -0.25) is 19.0 Å². The van der Waals surface area contributed by atoms with Crippen LogP contribution in [0.2, 0.25) is 0 Å². The Balaban J connectivity index is 1.94. The molecule has 3 atom stereocenters. The number of hydrogen-bond acceptors (Lipinski definition) is 7. The number of hydrogen-bond donors (Lipinski definition) is 2. The summed E-state index contributed by atoms with van der Waals surface area (Å²) in [6, 6.07) is 6.83. The van der Waals surface area contributed by atoms with Crippen LogP contribution in [0.5, 0.6) is 0 Å². The van der Waals surface area contributed by atoms with Crippen LogP contribution in [0.4, 0.5) is 4.39 Å². The third-order valence-corrected chi connectivity index (χ3v) is 5.32. The number of aliphatic hydroxyl groups excluding tert-OH is 2. The molecule has 2 aromatic rings. The Morgan fingerprint density at radius 1 is 1.09 bits per heavy atom. The SMILES string of the molecule is CC(C)(C)C(=O)OCCC1=C(F)[C@@H](n2ccc(=O)n(C(=O)c3ccccc3)c2=O)[C@H](O)[C@@H]1O. The van der Waals surface area contributed by atoms with E-state index in [1.807, 2.05) is 0 Å². The molecule has 1 aliphatic carbocycles. The quantitative estimate of drug-likeness (QED) is 0.641. The molecule has 33 heavy (non-hydrogen) atoms. The number of rotatable bonds is 5. The molecule has 0 saturated carbocycles. The van der Waals surface area contributed by atoms with Gasteiger partial charge < -0.3 is 14.9 Å². The Bertz CT molecular complexity index is 1210. The second kappa shape index (κ2) is 9.24. The van der Waals surface area contributed by atoms with E-state index in [1.165, 1.54) is 12.1 Å². The van der Waals surface area contributed by atoms with Gasteiger partial charge in [-0.25, -0.2) is 9.18 Å². The van der Waals surface area contributed by atoms with E-state index in [1.54, 1.807) is 39.0 Å². The summed E-state index contributed by atoms with van der Waals surface area (Å²) >= 11 is 0. The minimum Gasteiger partial charge on any atom is -0.465 e. The van der Waals surface area contributed by atoms with Gasteiger partial charge in [-0.15, -0.1) is 0 Å². The summed E-state index contributed by atoms with van der Waals surface area (Å²) < 4.78 is 21.3. The van der Waals surface area contributed by atoms with E-state index < -0.39 is 52.6 Å². The van der Waals surface area contributed by atoms with Crippen molar-refractivity contribution in [3.63, 3.8) is 0 Å². The van der Waals surface area contributed by atoms with Gasteiger partial charge >= 0.3 is 11.7 Å². The van der Waals surface area contributed by atoms with Crippen molar-refractivity contribution >= 4 is 11.9 Å². The summed E-state index contributed by atoms with van der Waals surface area (Å²) in [6.07, 6.45) is -2.67. The summed E-state index contributed by atoms with van der Waals surface area (Å²) in [4.78, 5) is 49.8. The van der Waals surface area contributed by atoms with E-state index in [4.69, 9.17) is 4.74 Å². The molecule has 1 aromatic carbocycles. The number of ether oxygens (including phenoxy) is 1. The zero-order valence-corrected chi connectivity index (χ0v) is 18.4. The topological polar surface area (TPSA) is 128 Å². The van der Waals surface area contributed by atoms with Crippen molar-refractivity contribution in [1.29, 1.82) is 0 Å². The minimum absolute atomic E-state index is 0.0684. The molecule has 176 valence electrons. The van der Waals surface area contributed by atoms with Crippen LogP contribution >= 0.6 is 0 Å². The molecule has 0 saturated heterocycles. The molecular weight excluding hydrogens is 435 g/mol. The predicted octanol–water partition coefficient (Wildman–Crippen LogP) is 1.18. The molecule has 0 bridgehead atoms. The van der Waals surface area contributed by atoms with E-state index in [0.29, 0.717) is 9.13 Å². The Kier molecular flexibility index (Phi) is 6.80. The summed E-state index contributed by atoms with van der Waals surface area (Å²) in [7, 11) is 0. The van der Waals surface area contributed by atoms with Crippen LogP contribution < -0.4 is 11.2 Å². The van der Waals surface area contributed by atoms with Crippen molar-refractivity contribution in [2.75, 3.05) is 6.61 Å². The van der Waals surface area contributed by atoms with Crippen LogP contribution in [0, 0.1) is 5.41 Å². The first-order valence-electron chi connectivity index (χ1n) is 10.3. The monoisotopic (exact) mass is 460 g/mol. The van der Waals surface area contributed by atoms with E-state index in [2.05, 4.69) is 0 Å². The van der Waals surface area contributed by atoms with Gasteiger partial charge in [0.2, 0.25) is 0 Å². The Labute approximate surface area is 188 Å². The molecule has 0 fully saturated rings. The summed E-state index contributed by atoms with van der Waals surface area (Å²) in [5, 5.41) is 20.8. The maximum absolute atomic E-state index is 15.2. The first-order valence-corrected chi connectivity index (χ1v) is 10.3. The summed E-state index contributed by atoms with van der Waals surface area (Å²) in [5.41, 5.74) is -3.01. The largest absolute Gasteiger partial charge is 0.465 e. The molecular formula is C23H25FN2O7. The number of benzene rings is 1. The van der Waals surface area contributed by atoms with Gasteiger partial charge in [0.15, 0.2) is 0 Å². The first kappa shape index (κ1) is 24.3. The van der Waals surface area contributed by atoms with Crippen LogP contribution in [0.15, 0.2) is 63.6 Å². The van der Waals surface area contributed by atoms with Crippen molar-refractivity contribution < 1.29 is 28.9 Å². The smallest absolute Gasteiger partial charge is 0.338 e. The standard InChI is InChI=1S/C23H25FN2O7/c1-23(2,3)21(31)33-12-10-14-16(24)17(19(29)18(14)28)25-11-9-15(27)26(22(25)32)20(30)13-7-5-4-6-8-13/h4-9,11,17-19,28-29H,10,12H2,1-3H3/t17-,18-,19+/m1/s1. The molecule has 3 rings (SSSR count). The lowest BCUT2D eigenvalue weighted by Gasteiger charge is -2.20. The molecule has 0 radical (unpaired) electrons. The van der Waals surface area contributed by atoms with Gasteiger partial charge in [0.25, 0.3) is 11.5 Å². The highest BCUT2D eigenvalue weighted by atomic mass is 19.1. The molecule has 10 heteroatoms. The fourth-order valence-electron chi connectivity index (χ4n) is 3.48. The first-order chi connectivity index (χ1) is 15.4. The fraction of sp³-hybridized carbons (Fsp3) is 0.391. The Morgan fingerprint density at radius 2 is 1.73 bits per heavy atom. The number of aromatic nitrogens is 2. The number of carbonyl (C=O) groups is 2. The van der Waals surface area contributed by atoms with Crippen molar-refractivity contribution in [2.24, 2.45) is 5.41 Å². The molecule has 0 unspecified atom stereocenters. The van der Waals surface area contributed by atoms with E-state index in [9.17, 15) is 29.4 Å². The highest BCUT2D eigenvalue weighted by molar-refractivity contribution is 5.95. The third kappa shape index (κ3) is 4.71. The van der Waals surface area contributed by atoms with Crippen LogP contribution in [-0.4, -0.2) is 50.0 Å². The maximum Gasteiger partial charge on any atom is 0.338 e. The number of halogens is 1. The lowest BCUT2D eigenvalue weighted by atomic mass is 9.97. The Morgan fingerprint density at radius 3 is 2.33 bits per heavy atom. The average Bonchev–Trinajstić information content (AvgIpc) is 2.97. The predicted molar refractivity (Wildman–Crippen MR) is 115 cm³/mol. The number of nitrogens with zero attached hydrogens (tertiary/aromatic N) is 2. The van der Waals surface area contributed by atoms with Gasteiger partial charge in [-0.05, 0) is 38.5 Å². The molecule has 9 nitrogen and oxygen atoms in total. The van der Waals surface area contributed by atoms with E-state index >= 15 is 4.39 Å². The molecule has 0 spiro atoms. The van der Waals surface area contributed by atoms with Gasteiger partial charge in [0.05, 0.1) is 12.0 Å².